The van der Waals surface area contributed by atoms with Crippen molar-refractivity contribution in [3.8, 4) is 11.3 Å². The Kier molecular flexibility index (Phi) is 6.17. The number of nitrogens with zero attached hydrogens (tertiary/aromatic N) is 2. The number of hydrazone groups is 1. The summed E-state index contributed by atoms with van der Waals surface area (Å²) in [4.78, 5) is 19.2. The number of H-pyrrole nitrogens is 1. The molecule has 0 bridgehead atoms. The predicted octanol–water partition coefficient (Wildman–Crippen LogP) is 7.51. The smallest absolute Gasteiger partial charge is 0.253 e. The fraction of sp³-hybridized carbons (Fsp3) is 0.103. The standard InChI is InChI=1S/C29H22FN3OS2/c30-21-14-12-19(13-15-21)25-17-24(26-11-6-16-35-26)32-33(25)27(34)18-36-29-22-9-4-5-10-23(22)31-28(29)20-7-2-1-3-8-20/h1-16,25,31H,17-18H2. The molecule has 0 saturated heterocycles. The van der Waals surface area contributed by atoms with Gasteiger partial charge in [-0.05, 0) is 40.8 Å². The Hall–Kier alpha value is -3.68. The first kappa shape index (κ1) is 22.8. The van der Waals surface area contributed by atoms with Crippen LogP contribution in [0, 0.1) is 5.82 Å². The number of carbonyl (C=O) groups excluding carboxylic acids is 1. The van der Waals surface area contributed by atoms with Crippen molar-refractivity contribution in [3.05, 3.63) is 113 Å². The summed E-state index contributed by atoms with van der Waals surface area (Å²) in [7, 11) is 0. The summed E-state index contributed by atoms with van der Waals surface area (Å²) in [5.74, 6) is -0.136. The average molecular weight is 512 g/mol. The van der Waals surface area contributed by atoms with Crippen LogP contribution in [-0.4, -0.2) is 27.4 Å². The molecule has 0 spiro atoms. The molecule has 5 aromatic rings. The first-order valence-electron chi connectivity index (χ1n) is 11.6. The molecule has 1 unspecified atom stereocenters. The maximum Gasteiger partial charge on any atom is 0.253 e. The molecule has 2 aromatic heterocycles. The molecular formula is C29H22FN3OS2. The van der Waals surface area contributed by atoms with E-state index in [1.165, 1.54) is 23.9 Å². The van der Waals surface area contributed by atoms with E-state index in [1.54, 1.807) is 28.5 Å². The number of aromatic amines is 1. The number of carbonyl (C=O) groups is 1. The predicted molar refractivity (Wildman–Crippen MR) is 146 cm³/mol. The molecule has 1 amide bonds. The number of nitrogens with one attached hydrogen (secondary N) is 1. The highest BCUT2D eigenvalue weighted by molar-refractivity contribution is 8.00. The van der Waals surface area contributed by atoms with Gasteiger partial charge in [-0.1, -0.05) is 66.7 Å². The van der Waals surface area contributed by atoms with Crippen LogP contribution in [0.15, 0.2) is 106 Å². The number of benzene rings is 3. The van der Waals surface area contributed by atoms with Gasteiger partial charge in [0.05, 0.1) is 28.1 Å². The van der Waals surface area contributed by atoms with Gasteiger partial charge in [-0.15, -0.1) is 23.1 Å². The quantitative estimate of drug-likeness (QED) is 0.240. The van der Waals surface area contributed by atoms with Gasteiger partial charge in [0, 0.05) is 22.2 Å². The summed E-state index contributed by atoms with van der Waals surface area (Å²) in [6, 6.07) is 28.4. The molecule has 0 radical (unpaired) electrons. The Morgan fingerprint density at radius 3 is 2.56 bits per heavy atom. The monoisotopic (exact) mass is 511 g/mol. The lowest BCUT2D eigenvalue weighted by Crippen LogP contribution is -2.28. The third kappa shape index (κ3) is 4.36. The van der Waals surface area contributed by atoms with Crippen molar-refractivity contribution in [1.82, 2.24) is 9.99 Å². The number of aromatic nitrogens is 1. The van der Waals surface area contributed by atoms with Crippen LogP contribution in [0.2, 0.25) is 0 Å². The lowest BCUT2D eigenvalue weighted by Gasteiger charge is -2.22. The van der Waals surface area contributed by atoms with Gasteiger partial charge in [0.15, 0.2) is 0 Å². The van der Waals surface area contributed by atoms with Crippen LogP contribution in [0.5, 0.6) is 0 Å². The second kappa shape index (κ2) is 9.76. The van der Waals surface area contributed by atoms with E-state index in [4.69, 9.17) is 5.10 Å². The van der Waals surface area contributed by atoms with E-state index in [0.717, 1.165) is 43.2 Å². The first-order valence-corrected chi connectivity index (χ1v) is 13.5. The molecule has 0 aliphatic carbocycles. The van der Waals surface area contributed by atoms with Crippen LogP contribution in [-0.2, 0) is 4.79 Å². The number of halogens is 1. The van der Waals surface area contributed by atoms with Crippen molar-refractivity contribution in [3.63, 3.8) is 0 Å². The highest BCUT2D eigenvalue weighted by Crippen LogP contribution is 2.39. The molecule has 7 heteroatoms. The zero-order valence-electron chi connectivity index (χ0n) is 19.2. The van der Waals surface area contributed by atoms with Gasteiger partial charge in [0.25, 0.3) is 5.91 Å². The molecule has 6 rings (SSSR count). The molecule has 36 heavy (non-hydrogen) atoms. The molecule has 0 saturated carbocycles. The molecular weight excluding hydrogens is 489 g/mol. The Bertz CT molecular complexity index is 1540. The number of rotatable bonds is 6. The van der Waals surface area contributed by atoms with Gasteiger partial charge in [-0.3, -0.25) is 4.79 Å². The Morgan fingerprint density at radius 1 is 1.00 bits per heavy atom. The van der Waals surface area contributed by atoms with Gasteiger partial charge in [-0.2, -0.15) is 5.10 Å². The van der Waals surface area contributed by atoms with Crippen molar-refractivity contribution in [2.45, 2.75) is 17.4 Å². The summed E-state index contributed by atoms with van der Waals surface area (Å²) < 4.78 is 13.6. The molecule has 3 aromatic carbocycles. The minimum atomic E-state index is -0.294. The van der Waals surface area contributed by atoms with Gasteiger partial charge in [-0.25, -0.2) is 9.40 Å². The highest BCUT2D eigenvalue weighted by atomic mass is 32.2. The van der Waals surface area contributed by atoms with Gasteiger partial charge < -0.3 is 4.98 Å². The lowest BCUT2D eigenvalue weighted by molar-refractivity contribution is -0.130. The van der Waals surface area contributed by atoms with Gasteiger partial charge >= 0.3 is 0 Å². The van der Waals surface area contributed by atoms with Crippen LogP contribution in [0.4, 0.5) is 4.39 Å². The molecule has 3 heterocycles. The average Bonchev–Trinajstić information content (AvgIpc) is 3.67. The van der Waals surface area contributed by atoms with Crippen molar-refractivity contribution in [2.75, 3.05) is 5.75 Å². The largest absolute Gasteiger partial charge is 0.354 e. The molecule has 1 aliphatic rings. The Labute approximate surface area is 216 Å². The van der Waals surface area contributed by atoms with Gasteiger partial charge in [0.1, 0.15) is 5.82 Å². The van der Waals surface area contributed by atoms with Crippen LogP contribution in [0.1, 0.15) is 22.9 Å². The van der Waals surface area contributed by atoms with Crippen molar-refractivity contribution >= 4 is 45.6 Å². The third-order valence-electron chi connectivity index (χ3n) is 6.29. The third-order valence-corrected chi connectivity index (χ3v) is 8.31. The molecule has 0 fully saturated rings. The number of para-hydroxylation sites is 1. The summed E-state index contributed by atoms with van der Waals surface area (Å²) in [6.07, 6.45) is 0.602. The molecule has 1 aliphatic heterocycles. The Morgan fingerprint density at radius 2 is 1.78 bits per heavy atom. The van der Waals surface area contributed by atoms with Gasteiger partial charge in [0.2, 0.25) is 0 Å². The second-order valence-corrected chi connectivity index (χ2v) is 10.5. The Balaban J connectivity index is 1.31. The molecule has 4 nitrogen and oxygen atoms in total. The minimum absolute atomic E-state index is 0.0785. The van der Waals surface area contributed by atoms with E-state index >= 15 is 0 Å². The summed E-state index contributed by atoms with van der Waals surface area (Å²) in [5.41, 5.74) is 4.88. The van der Waals surface area contributed by atoms with Crippen molar-refractivity contribution < 1.29 is 9.18 Å². The van der Waals surface area contributed by atoms with E-state index in [-0.39, 0.29) is 23.5 Å². The van der Waals surface area contributed by atoms with E-state index in [0.29, 0.717) is 6.42 Å². The number of thiophene rings is 1. The van der Waals surface area contributed by atoms with E-state index in [1.807, 2.05) is 47.8 Å². The highest BCUT2D eigenvalue weighted by Gasteiger charge is 2.33. The SMILES string of the molecule is O=C(CSc1c(-c2ccccc2)[nH]c2ccccc12)N1N=C(c2cccs2)CC1c1ccc(F)cc1. The van der Waals surface area contributed by atoms with Crippen LogP contribution >= 0.6 is 23.1 Å². The van der Waals surface area contributed by atoms with E-state index < -0.39 is 0 Å². The second-order valence-electron chi connectivity index (χ2n) is 8.56. The van der Waals surface area contributed by atoms with E-state index in [2.05, 4.69) is 29.2 Å². The normalized spacial score (nSPS) is 15.4. The number of fused-ring (bicyclic) bond motifs is 1. The van der Waals surface area contributed by atoms with Crippen LogP contribution in [0.3, 0.4) is 0 Å². The van der Waals surface area contributed by atoms with Crippen molar-refractivity contribution in [1.29, 1.82) is 0 Å². The molecule has 1 atom stereocenters. The van der Waals surface area contributed by atoms with Crippen LogP contribution in [0.25, 0.3) is 22.2 Å². The molecule has 1 N–H and O–H groups in total. The number of thioether (sulfide) groups is 1. The summed E-state index contributed by atoms with van der Waals surface area (Å²) >= 11 is 3.13. The fourth-order valence-electron chi connectivity index (χ4n) is 4.55. The number of hydrogen-bond acceptors (Lipinski definition) is 4. The maximum absolute atomic E-state index is 13.6. The lowest BCUT2D eigenvalue weighted by atomic mass is 10.0. The number of hydrogen-bond donors (Lipinski definition) is 1. The number of amides is 1. The first-order chi connectivity index (χ1) is 17.7. The minimum Gasteiger partial charge on any atom is -0.354 e. The zero-order chi connectivity index (χ0) is 24.5. The summed E-state index contributed by atoms with van der Waals surface area (Å²) in [5, 5.41) is 9.44. The zero-order valence-corrected chi connectivity index (χ0v) is 20.9. The van der Waals surface area contributed by atoms with Crippen LogP contribution < -0.4 is 0 Å². The fourth-order valence-corrected chi connectivity index (χ4v) is 6.32. The van der Waals surface area contributed by atoms with Crippen molar-refractivity contribution in [2.24, 2.45) is 5.10 Å². The van der Waals surface area contributed by atoms with E-state index in [9.17, 15) is 9.18 Å². The topological polar surface area (TPSA) is 48.5 Å². The molecule has 178 valence electrons. The summed E-state index contributed by atoms with van der Waals surface area (Å²) in [6.45, 7) is 0. The maximum atomic E-state index is 13.6.